The zero-order valence-corrected chi connectivity index (χ0v) is 14.8. The molecule has 2 heterocycles. The number of para-hydroxylation sites is 1. The molecule has 5 heteroatoms. The van der Waals surface area contributed by atoms with Gasteiger partial charge in [0.05, 0.1) is 0 Å². The molecule has 2 atom stereocenters. The Hall–Kier alpha value is -2.53. The van der Waals surface area contributed by atoms with Gasteiger partial charge < -0.3 is 15.3 Å². The minimum atomic E-state index is 0.0590. The van der Waals surface area contributed by atoms with Crippen LogP contribution in [0.3, 0.4) is 0 Å². The molecule has 3 aliphatic rings. The van der Waals surface area contributed by atoms with Crippen LogP contribution in [0.4, 0.5) is 5.69 Å². The average Bonchev–Trinajstić information content (AvgIpc) is 3.07. The third-order valence-electron chi connectivity index (χ3n) is 5.40. The molecule has 0 radical (unpaired) electrons. The molecular weight excluding hydrogens is 326 g/mol. The predicted molar refractivity (Wildman–Crippen MR) is 103 cm³/mol. The van der Waals surface area contributed by atoms with Crippen LogP contribution in [0.25, 0.3) is 0 Å². The number of nitrogens with one attached hydrogen (secondary N) is 1. The number of allylic oxidation sites excluding steroid dienone is 1. The second-order valence-electron chi connectivity index (χ2n) is 7.08. The summed E-state index contributed by atoms with van der Waals surface area (Å²) in [5.41, 5.74) is 2.10. The summed E-state index contributed by atoms with van der Waals surface area (Å²) in [5, 5.41) is 12.8. The highest BCUT2D eigenvalue weighted by molar-refractivity contribution is 5.95. The Morgan fingerprint density at radius 1 is 1.19 bits per heavy atom. The highest BCUT2D eigenvalue weighted by Gasteiger charge is 2.32. The first kappa shape index (κ1) is 16.9. The van der Waals surface area contributed by atoms with Crippen molar-refractivity contribution in [2.75, 3.05) is 31.1 Å². The number of benzene rings is 1. The number of anilines is 1. The Bertz CT molecular complexity index is 754. The van der Waals surface area contributed by atoms with Crippen molar-refractivity contribution in [2.45, 2.75) is 24.9 Å². The Morgan fingerprint density at radius 3 is 2.77 bits per heavy atom. The minimum absolute atomic E-state index is 0.0590. The molecule has 1 aromatic rings. The summed E-state index contributed by atoms with van der Waals surface area (Å²) in [4.78, 5) is 16.9. The van der Waals surface area contributed by atoms with Crippen molar-refractivity contribution < 1.29 is 9.90 Å². The van der Waals surface area contributed by atoms with Crippen molar-refractivity contribution in [1.29, 1.82) is 0 Å². The number of aliphatic hydroxyl groups is 1. The number of carbonyl (C=O) groups is 1. The minimum Gasteiger partial charge on any atom is -0.508 e. The summed E-state index contributed by atoms with van der Waals surface area (Å²) < 4.78 is 0. The van der Waals surface area contributed by atoms with Crippen LogP contribution in [0.15, 0.2) is 66.0 Å². The standard InChI is InChI=1S/C21H25N3O2/c25-20-8-4-7-18(14-20)24-12-11-23(17-5-2-1-3-6-17)15-19(24)13-16-9-10-22-21(16)26/h1-6,8,13-14,18-19,25H,7,9-12,15H2,(H,22,26)/b16-13-. The van der Waals surface area contributed by atoms with E-state index < -0.39 is 0 Å². The van der Waals surface area contributed by atoms with E-state index in [1.54, 1.807) is 6.08 Å². The summed E-state index contributed by atoms with van der Waals surface area (Å²) in [5.74, 6) is 0.389. The molecular formula is C21H25N3O2. The highest BCUT2D eigenvalue weighted by atomic mass is 16.3. The van der Waals surface area contributed by atoms with Gasteiger partial charge in [-0.1, -0.05) is 30.4 Å². The van der Waals surface area contributed by atoms with Crippen LogP contribution in [0.1, 0.15) is 12.8 Å². The lowest BCUT2D eigenvalue weighted by atomic mass is 9.99. The van der Waals surface area contributed by atoms with Crippen molar-refractivity contribution >= 4 is 11.6 Å². The second kappa shape index (κ2) is 7.38. The normalized spacial score (nSPS) is 28.3. The van der Waals surface area contributed by atoms with Crippen molar-refractivity contribution in [2.24, 2.45) is 0 Å². The monoisotopic (exact) mass is 351 g/mol. The van der Waals surface area contributed by atoms with E-state index in [4.69, 9.17) is 0 Å². The van der Waals surface area contributed by atoms with Gasteiger partial charge in [-0.15, -0.1) is 0 Å². The quantitative estimate of drug-likeness (QED) is 0.821. The van der Waals surface area contributed by atoms with Crippen LogP contribution in [0.5, 0.6) is 0 Å². The maximum atomic E-state index is 12.1. The summed E-state index contributed by atoms with van der Waals surface area (Å²) in [6, 6.07) is 10.7. The third kappa shape index (κ3) is 3.53. The van der Waals surface area contributed by atoms with Gasteiger partial charge in [0.15, 0.2) is 0 Å². The first-order valence-electron chi connectivity index (χ1n) is 9.32. The second-order valence-corrected chi connectivity index (χ2v) is 7.08. The number of amides is 1. The van der Waals surface area contributed by atoms with Gasteiger partial charge >= 0.3 is 0 Å². The molecule has 136 valence electrons. The Balaban J connectivity index is 1.59. The Labute approximate surface area is 154 Å². The first-order valence-corrected chi connectivity index (χ1v) is 9.32. The molecule has 1 aliphatic carbocycles. The van der Waals surface area contributed by atoms with Gasteiger partial charge in [0.25, 0.3) is 0 Å². The lowest BCUT2D eigenvalue weighted by Gasteiger charge is -2.44. The summed E-state index contributed by atoms with van der Waals surface area (Å²) in [6.07, 6.45) is 9.53. The van der Waals surface area contributed by atoms with Crippen LogP contribution in [0, 0.1) is 0 Å². The number of aliphatic hydroxyl groups excluding tert-OH is 1. The van der Waals surface area contributed by atoms with Gasteiger partial charge in [-0.3, -0.25) is 9.69 Å². The molecule has 2 N–H and O–H groups in total. The van der Waals surface area contributed by atoms with E-state index in [0.29, 0.717) is 5.76 Å². The van der Waals surface area contributed by atoms with E-state index in [1.807, 2.05) is 18.2 Å². The lowest BCUT2D eigenvalue weighted by Crippen LogP contribution is -2.56. The fourth-order valence-electron chi connectivity index (χ4n) is 4.07. The van der Waals surface area contributed by atoms with Crippen LogP contribution >= 0.6 is 0 Å². The highest BCUT2D eigenvalue weighted by Crippen LogP contribution is 2.26. The molecule has 2 fully saturated rings. The molecule has 5 nitrogen and oxygen atoms in total. The fourth-order valence-corrected chi connectivity index (χ4v) is 4.07. The molecule has 4 rings (SSSR count). The van der Waals surface area contributed by atoms with E-state index >= 15 is 0 Å². The van der Waals surface area contributed by atoms with E-state index in [0.717, 1.165) is 44.6 Å². The van der Waals surface area contributed by atoms with Gasteiger partial charge in [-0.05, 0) is 37.1 Å². The zero-order chi connectivity index (χ0) is 17.9. The average molecular weight is 351 g/mol. The lowest BCUT2D eigenvalue weighted by molar-refractivity contribution is -0.116. The van der Waals surface area contributed by atoms with E-state index in [1.165, 1.54) is 5.69 Å². The first-order chi connectivity index (χ1) is 12.7. The van der Waals surface area contributed by atoms with Crippen LogP contribution < -0.4 is 10.2 Å². The summed E-state index contributed by atoms with van der Waals surface area (Å²) in [6.45, 7) is 3.40. The van der Waals surface area contributed by atoms with Crippen LogP contribution in [0.2, 0.25) is 0 Å². The van der Waals surface area contributed by atoms with Crippen LogP contribution in [-0.2, 0) is 4.79 Å². The molecule has 1 aromatic carbocycles. The molecule has 0 aromatic heterocycles. The molecule has 26 heavy (non-hydrogen) atoms. The van der Waals surface area contributed by atoms with Crippen molar-refractivity contribution in [3.63, 3.8) is 0 Å². The maximum Gasteiger partial charge on any atom is 0.247 e. The number of carbonyl (C=O) groups excluding carboxylic acids is 1. The number of hydrogen-bond acceptors (Lipinski definition) is 4. The smallest absolute Gasteiger partial charge is 0.247 e. The predicted octanol–water partition coefficient (Wildman–Crippen LogP) is 2.39. The molecule has 0 bridgehead atoms. The molecule has 0 spiro atoms. The number of nitrogens with zero attached hydrogens (tertiary/aromatic N) is 2. The zero-order valence-electron chi connectivity index (χ0n) is 14.8. The molecule has 2 saturated heterocycles. The summed E-state index contributed by atoms with van der Waals surface area (Å²) in [7, 11) is 0. The Kier molecular flexibility index (Phi) is 4.80. The van der Waals surface area contributed by atoms with Crippen molar-refractivity contribution in [3.8, 4) is 0 Å². The van der Waals surface area contributed by atoms with Crippen molar-refractivity contribution in [3.05, 3.63) is 66.0 Å². The van der Waals surface area contributed by atoms with E-state index in [2.05, 4.69) is 45.5 Å². The van der Waals surface area contributed by atoms with Crippen molar-refractivity contribution in [1.82, 2.24) is 10.2 Å². The number of piperazine rings is 1. The van der Waals surface area contributed by atoms with Gasteiger partial charge in [-0.2, -0.15) is 0 Å². The fraction of sp³-hybridized carbons (Fsp3) is 0.381. The van der Waals surface area contributed by atoms with Gasteiger partial charge in [0, 0.05) is 49.5 Å². The maximum absolute atomic E-state index is 12.1. The third-order valence-corrected chi connectivity index (χ3v) is 5.40. The summed E-state index contributed by atoms with van der Waals surface area (Å²) >= 11 is 0. The topological polar surface area (TPSA) is 55.8 Å². The largest absolute Gasteiger partial charge is 0.508 e. The molecule has 2 unspecified atom stereocenters. The Morgan fingerprint density at radius 2 is 2.04 bits per heavy atom. The number of hydrogen-bond donors (Lipinski definition) is 2. The van der Waals surface area contributed by atoms with Crippen LogP contribution in [-0.4, -0.2) is 54.2 Å². The molecule has 2 aliphatic heterocycles. The number of rotatable bonds is 3. The SMILES string of the molecule is O=C1NCC/C1=C/C1CN(c2ccccc2)CCN1C1C=C(O)C=CC1. The molecule has 1 amide bonds. The molecule has 0 saturated carbocycles. The van der Waals surface area contributed by atoms with Gasteiger partial charge in [-0.25, -0.2) is 0 Å². The van der Waals surface area contributed by atoms with Gasteiger partial charge in [0.1, 0.15) is 5.76 Å². The van der Waals surface area contributed by atoms with E-state index in [-0.39, 0.29) is 18.0 Å². The van der Waals surface area contributed by atoms with Gasteiger partial charge in [0.2, 0.25) is 5.91 Å². The van der Waals surface area contributed by atoms with E-state index in [9.17, 15) is 9.90 Å².